The van der Waals surface area contributed by atoms with Crippen molar-refractivity contribution in [1.82, 2.24) is 0 Å². The Kier molecular flexibility index (Phi) is 7.21. The third kappa shape index (κ3) is 6.19. The van der Waals surface area contributed by atoms with Crippen molar-refractivity contribution in [3.05, 3.63) is 58.6 Å². The SMILES string of the molecule is CC(C)COc1ccc(C(=O)O[C@H](C)C(=O)Nc2ccc(Br)cc2)cc1. The van der Waals surface area contributed by atoms with Crippen LogP contribution < -0.4 is 10.1 Å². The fraction of sp³-hybridized carbons (Fsp3) is 0.300. The molecule has 26 heavy (non-hydrogen) atoms. The molecule has 0 radical (unpaired) electrons. The monoisotopic (exact) mass is 419 g/mol. The number of carbonyl (C=O) groups excluding carboxylic acids is 2. The summed E-state index contributed by atoms with van der Waals surface area (Å²) < 4.78 is 11.7. The molecule has 138 valence electrons. The van der Waals surface area contributed by atoms with E-state index in [4.69, 9.17) is 9.47 Å². The molecule has 0 unspecified atom stereocenters. The third-order valence-corrected chi connectivity index (χ3v) is 3.97. The van der Waals surface area contributed by atoms with Crippen molar-refractivity contribution in [3.63, 3.8) is 0 Å². The number of ether oxygens (including phenoxy) is 2. The highest BCUT2D eigenvalue weighted by molar-refractivity contribution is 9.10. The molecule has 0 saturated carbocycles. The number of esters is 1. The zero-order valence-corrected chi connectivity index (χ0v) is 16.6. The van der Waals surface area contributed by atoms with Crippen molar-refractivity contribution < 1.29 is 19.1 Å². The number of anilines is 1. The van der Waals surface area contributed by atoms with Crippen LogP contribution in [0.15, 0.2) is 53.0 Å². The molecule has 5 nitrogen and oxygen atoms in total. The Labute approximate surface area is 161 Å². The molecule has 2 aromatic rings. The molecule has 0 aliphatic carbocycles. The summed E-state index contributed by atoms with van der Waals surface area (Å²) in [7, 11) is 0. The van der Waals surface area contributed by atoms with Crippen LogP contribution in [0.5, 0.6) is 5.75 Å². The van der Waals surface area contributed by atoms with Crippen molar-refractivity contribution in [2.75, 3.05) is 11.9 Å². The molecule has 0 aliphatic rings. The molecule has 0 spiro atoms. The highest BCUT2D eigenvalue weighted by Gasteiger charge is 2.19. The molecule has 6 heteroatoms. The predicted octanol–water partition coefficient (Wildman–Crippen LogP) is 4.67. The summed E-state index contributed by atoms with van der Waals surface area (Å²) in [5, 5.41) is 2.71. The van der Waals surface area contributed by atoms with E-state index in [1.54, 1.807) is 36.4 Å². The highest BCUT2D eigenvalue weighted by Crippen LogP contribution is 2.16. The van der Waals surface area contributed by atoms with E-state index in [-0.39, 0.29) is 0 Å². The Hall–Kier alpha value is -2.34. The molecule has 1 atom stereocenters. The van der Waals surface area contributed by atoms with Crippen LogP contribution in [-0.2, 0) is 9.53 Å². The molecular weight excluding hydrogens is 398 g/mol. The van der Waals surface area contributed by atoms with Gasteiger partial charge in [-0.3, -0.25) is 4.79 Å². The summed E-state index contributed by atoms with van der Waals surface area (Å²) >= 11 is 3.33. The summed E-state index contributed by atoms with van der Waals surface area (Å²) in [5.41, 5.74) is 0.998. The van der Waals surface area contributed by atoms with Crippen molar-refractivity contribution >= 4 is 33.5 Å². The summed E-state index contributed by atoms with van der Waals surface area (Å²) in [5.74, 6) is 0.164. The number of nitrogens with one attached hydrogen (secondary N) is 1. The van der Waals surface area contributed by atoms with E-state index in [1.807, 2.05) is 12.1 Å². The second kappa shape index (κ2) is 9.38. The van der Waals surface area contributed by atoms with Gasteiger partial charge in [-0.25, -0.2) is 4.79 Å². The Morgan fingerprint density at radius 1 is 1.00 bits per heavy atom. The Morgan fingerprint density at radius 2 is 1.62 bits per heavy atom. The van der Waals surface area contributed by atoms with Gasteiger partial charge in [0.2, 0.25) is 0 Å². The predicted molar refractivity (Wildman–Crippen MR) is 104 cm³/mol. The van der Waals surface area contributed by atoms with Gasteiger partial charge in [0.15, 0.2) is 6.10 Å². The lowest BCUT2D eigenvalue weighted by atomic mass is 10.2. The van der Waals surface area contributed by atoms with Crippen LogP contribution in [0.25, 0.3) is 0 Å². The van der Waals surface area contributed by atoms with Gasteiger partial charge in [-0.2, -0.15) is 0 Å². The largest absolute Gasteiger partial charge is 0.493 e. The molecule has 0 saturated heterocycles. The number of rotatable bonds is 7. The van der Waals surface area contributed by atoms with Crippen LogP contribution in [0.4, 0.5) is 5.69 Å². The van der Waals surface area contributed by atoms with Gasteiger partial charge in [-0.05, 0) is 61.4 Å². The second-order valence-electron chi connectivity index (χ2n) is 6.27. The second-order valence-corrected chi connectivity index (χ2v) is 7.19. The number of carbonyl (C=O) groups is 2. The quantitative estimate of drug-likeness (QED) is 0.662. The normalized spacial score (nSPS) is 11.7. The standard InChI is InChI=1S/C20H22BrNO4/c1-13(2)12-25-18-10-4-15(5-11-18)20(24)26-14(3)19(23)22-17-8-6-16(21)7-9-17/h4-11,13-14H,12H2,1-3H3,(H,22,23)/t14-/m1/s1. The van der Waals surface area contributed by atoms with E-state index < -0.39 is 18.0 Å². The van der Waals surface area contributed by atoms with Crippen molar-refractivity contribution in [2.45, 2.75) is 26.9 Å². The molecule has 2 rings (SSSR count). The van der Waals surface area contributed by atoms with Gasteiger partial charge >= 0.3 is 5.97 Å². The summed E-state index contributed by atoms with van der Waals surface area (Å²) in [6.07, 6.45) is -0.914. The first-order valence-electron chi connectivity index (χ1n) is 8.35. The molecule has 0 heterocycles. The van der Waals surface area contributed by atoms with E-state index >= 15 is 0 Å². The van der Waals surface area contributed by atoms with Crippen molar-refractivity contribution in [3.8, 4) is 5.75 Å². The fourth-order valence-corrected chi connectivity index (χ4v) is 2.27. The van der Waals surface area contributed by atoms with E-state index in [0.717, 1.165) is 4.47 Å². The Balaban J connectivity index is 1.89. The van der Waals surface area contributed by atoms with E-state index in [1.165, 1.54) is 6.92 Å². The van der Waals surface area contributed by atoms with Crippen LogP contribution in [-0.4, -0.2) is 24.6 Å². The van der Waals surface area contributed by atoms with Gasteiger partial charge in [-0.15, -0.1) is 0 Å². The molecule has 0 bridgehead atoms. The average Bonchev–Trinajstić information content (AvgIpc) is 2.62. The zero-order valence-electron chi connectivity index (χ0n) is 15.0. The molecule has 2 aromatic carbocycles. The first-order valence-corrected chi connectivity index (χ1v) is 9.14. The lowest BCUT2D eigenvalue weighted by Crippen LogP contribution is -2.29. The summed E-state index contributed by atoms with van der Waals surface area (Å²) in [4.78, 5) is 24.3. The van der Waals surface area contributed by atoms with Gasteiger partial charge in [0.25, 0.3) is 5.91 Å². The average molecular weight is 420 g/mol. The molecule has 1 N–H and O–H groups in total. The third-order valence-electron chi connectivity index (χ3n) is 3.44. The summed E-state index contributed by atoms with van der Waals surface area (Å²) in [6.45, 7) is 6.27. The minimum Gasteiger partial charge on any atom is -0.493 e. The number of hydrogen-bond acceptors (Lipinski definition) is 4. The molecule has 1 amide bonds. The highest BCUT2D eigenvalue weighted by atomic mass is 79.9. The van der Waals surface area contributed by atoms with Crippen LogP contribution in [0.2, 0.25) is 0 Å². The number of amides is 1. The fourth-order valence-electron chi connectivity index (χ4n) is 2.01. The maximum absolute atomic E-state index is 12.2. The molecular formula is C20H22BrNO4. The minimum atomic E-state index is -0.914. The Morgan fingerprint density at radius 3 is 2.19 bits per heavy atom. The smallest absolute Gasteiger partial charge is 0.338 e. The molecule has 0 aromatic heterocycles. The topological polar surface area (TPSA) is 64.6 Å². The van der Waals surface area contributed by atoms with Gasteiger partial charge in [0.1, 0.15) is 5.75 Å². The lowest BCUT2D eigenvalue weighted by Gasteiger charge is -2.14. The number of benzene rings is 2. The maximum atomic E-state index is 12.2. The van der Waals surface area contributed by atoms with Gasteiger partial charge in [-0.1, -0.05) is 29.8 Å². The number of halogens is 1. The van der Waals surface area contributed by atoms with E-state index in [9.17, 15) is 9.59 Å². The van der Waals surface area contributed by atoms with E-state index in [2.05, 4.69) is 35.1 Å². The van der Waals surface area contributed by atoms with Crippen molar-refractivity contribution in [1.29, 1.82) is 0 Å². The maximum Gasteiger partial charge on any atom is 0.338 e. The summed E-state index contributed by atoms with van der Waals surface area (Å²) in [6, 6.07) is 13.8. The first-order chi connectivity index (χ1) is 12.3. The minimum absolute atomic E-state index is 0.366. The van der Waals surface area contributed by atoms with Crippen LogP contribution in [0, 0.1) is 5.92 Å². The first kappa shape index (κ1) is 20.0. The number of hydrogen-bond donors (Lipinski definition) is 1. The van der Waals surface area contributed by atoms with Gasteiger partial charge in [0, 0.05) is 10.2 Å². The van der Waals surface area contributed by atoms with Gasteiger partial charge in [0.05, 0.1) is 12.2 Å². The lowest BCUT2D eigenvalue weighted by molar-refractivity contribution is -0.123. The molecule has 0 fully saturated rings. The van der Waals surface area contributed by atoms with Crippen LogP contribution in [0.3, 0.4) is 0 Å². The van der Waals surface area contributed by atoms with Crippen LogP contribution in [0.1, 0.15) is 31.1 Å². The zero-order chi connectivity index (χ0) is 19.1. The Bertz CT molecular complexity index is 741. The van der Waals surface area contributed by atoms with Crippen molar-refractivity contribution in [2.24, 2.45) is 5.92 Å². The van der Waals surface area contributed by atoms with E-state index in [0.29, 0.717) is 29.5 Å². The van der Waals surface area contributed by atoms with Gasteiger partial charge < -0.3 is 14.8 Å². The molecule has 0 aliphatic heterocycles. The van der Waals surface area contributed by atoms with Crippen LogP contribution >= 0.6 is 15.9 Å².